The van der Waals surface area contributed by atoms with E-state index in [1.165, 1.54) is 0 Å². The van der Waals surface area contributed by atoms with Crippen LogP contribution in [0.3, 0.4) is 0 Å². The van der Waals surface area contributed by atoms with Crippen LogP contribution in [0.25, 0.3) is 0 Å². The minimum atomic E-state index is 0.606. The van der Waals surface area contributed by atoms with Crippen LogP contribution in [0.5, 0.6) is 11.6 Å². The van der Waals surface area contributed by atoms with Gasteiger partial charge in [-0.1, -0.05) is 17.7 Å². The first-order valence-corrected chi connectivity index (χ1v) is 6.51. The lowest BCUT2D eigenvalue weighted by Gasteiger charge is -2.10. The highest BCUT2D eigenvalue weighted by Crippen LogP contribution is 2.32. The lowest BCUT2D eigenvalue weighted by atomic mass is 10.2. The second-order valence-corrected chi connectivity index (χ2v) is 4.97. The highest BCUT2D eigenvalue weighted by Gasteiger charge is 2.15. The summed E-state index contributed by atoms with van der Waals surface area (Å²) in [6.45, 7) is 4.67. The predicted octanol–water partition coefficient (Wildman–Crippen LogP) is 3.20. The Morgan fingerprint density at radius 2 is 2.11 bits per heavy atom. The standard InChI is InChI=1S/C14H18ClN3O/c1-9-5-6-13(12(15)7-9)19-14-11(8-16-3)10(2)17-18(14)4/h5-7,16H,8H2,1-4H3. The number of hydrogen-bond acceptors (Lipinski definition) is 3. The number of rotatable bonds is 4. The molecular weight excluding hydrogens is 262 g/mol. The number of halogens is 1. The maximum absolute atomic E-state index is 6.20. The molecule has 19 heavy (non-hydrogen) atoms. The first-order valence-electron chi connectivity index (χ1n) is 6.14. The van der Waals surface area contributed by atoms with Crippen molar-refractivity contribution in [1.29, 1.82) is 0 Å². The molecule has 0 aliphatic rings. The van der Waals surface area contributed by atoms with Crippen molar-refractivity contribution < 1.29 is 4.74 Å². The van der Waals surface area contributed by atoms with Gasteiger partial charge in [0.05, 0.1) is 16.3 Å². The number of nitrogens with zero attached hydrogens (tertiary/aromatic N) is 2. The number of ether oxygens (including phenoxy) is 1. The van der Waals surface area contributed by atoms with Crippen molar-refractivity contribution in [3.05, 3.63) is 40.0 Å². The van der Waals surface area contributed by atoms with Gasteiger partial charge in [-0.3, -0.25) is 0 Å². The number of aryl methyl sites for hydroxylation is 3. The molecule has 2 aromatic rings. The number of aromatic nitrogens is 2. The Morgan fingerprint density at radius 3 is 2.74 bits per heavy atom. The molecule has 5 heteroatoms. The van der Waals surface area contributed by atoms with Crippen molar-refractivity contribution in [2.24, 2.45) is 7.05 Å². The Morgan fingerprint density at radius 1 is 1.37 bits per heavy atom. The molecular formula is C14H18ClN3O. The van der Waals surface area contributed by atoms with E-state index >= 15 is 0 Å². The van der Waals surface area contributed by atoms with E-state index in [1.54, 1.807) is 4.68 Å². The smallest absolute Gasteiger partial charge is 0.222 e. The topological polar surface area (TPSA) is 39.1 Å². The van der Waals surface area contributed by atoms with Crippen molar-refractivity contribution in [1.82, 2.24) is 15.1 Å². The minimum absolute atomic E-state index is 0.606. The van der Waals surface area contributed by atoms with Crippen LogP contribution in [-0.4, -0.2) is 16.8 Å². The summed E-state index contributed by atoms with van der Waals surface area (Å²) in [4.78, 5) is 0. The third kappa shape index (κ3) is 2.91. The summed E-state index contributed by atoms with van der Waals surface area (Å²) in [7, 11) is 3.76. The van der Waals surface area contributed by atoms with E-state index in [1.807, 2.05) is 46.1 Å². The summed E-state index contributed by atoms with van der Waals surface area (Å²) >= 11 is 6.20. The summed E-state index contributed by atoms with van der Waals surface area (Å²) in [5.74, 6) is 1.37. The molecule has 0 aliphatic carbocycles. The molecule has 1 N–H and O–H groups in total. The minimum Gasteiger partial charge on any atom is -0.437 e. The SMILES string of the molecule is CNCc1c(C)nn(C)c1Oc1ccc(C)cc1Cl. The van der Waals surface area contributed by atoms with Gasteiger partial charge < -0.3 is 10.1 Å². The van der Waals surface area contributed by atoms with Crippen molar-refractivity contribution in [3.63, 3.8) is 0 Å². The first-order chi connectivity index (χ1) is 9.02. The highest BCUT2D eigenvalue weighted by atomic mass is 35.5. The van der Waals surface area contributed by atoms with Crippen molar-refractivity contribution in [2.45, 2.75) is 20.4 Å². The number of hydrogen-bond donors (Lipinski definition) is 1. The van der Waals surface area contributed by atoms with E-state index in [9.17, 15) is 0 Å². The summed E-state index contributed by atoms with van der Waals surface area (Å²) in [6.07, 6.45) is 0. The average molecular weight is 280 g/mol. The summed E-state index contributed by atoms with van der Waals surface area (Å²) < 4.78 is 7.66. The Bertz CT molecular complexity index is 593. The van der Waals surface area contributed by atoms with E-state index in [-0.39, 0.29) is 0 Å². The molecule has 0 amide bonds. The third-order valence-corrected chi connectivity index (χ3v) is 3.23. The van der Waals surface area contributed by atoms with Gasteiger partial charge in [-0.05, 0) is 38.6 Å². The van der Waals surface area contributed by atoms with E-state index in [2.05, 4.69) is 10.4 Å². The van der Waals surface area contributed by atoms with Gasteiger partial charge in [0, 0.05) is 13.6 Å². The Labute approximate surface area is 118 Å². The van der Waals surface area contributed by atoms with Crippen molar-refractivity contribution in [3.8, 4) is 11.6 Å². The molecule has 0 unspecified atom stereocenters. The van der Waals surface area contributed by atoms with Gasteiger partial charge in [-0.25, -0.2) is 4.68 Å². The molecule has 2 rings (SSSR count). The van der Waals surface area contributed by atoms with Crippen LogP contribution < -0.4 is 10.1 Å². The Balaban J connectivity index is 2.37. The number of nitrogens with one attached hydrogen (secondary N) is 1. The third-order valence-electron chi connectivity index (χ3n) is 2.94. The highest BCUT2D eigenvalue weighted by molar-refractivity contribution is 6.32. The van der Waals surface area contributed by atoms with Crippen LogP contribution in [0.2, 0.25) is 5.02 Å². The van der Waals surface area contributed by atoms with Gasteiger partial charge in [0.25, 0.3) is 0 Å². The fourth-order valence-corrected chi connectivity index (χ4v) is 2.26. The second-order valence-electron chi connectivity index (χ2n) is 4.56. The fourth-order valence-electron chi connectivity index (χ4n) is 1.98. The zero-order valence-corrected chi connectivity index (χ0v) is 12.4. The van der Waals surface area contributed by atoms with Crippen LogP contribution in [0.4, 0.5) is 0 Å². The quantitative estimate of drug-likeness (QED) is 0.934. The fraction of sp³-hybridized carbons (Fsp3) is 0.357. The van der Waals surface area contributed by atoms with Crippen molar-refractivity contribution >= 4 is 11.6 Å². The lowest BCUT2D eigenvalue weighted by Crippen LogP contribution is -2.07. The normalized spacial score (nSPS) is 10.8. The number of benzene rings is 1. The summed E-state index contributed by atoms with van der Waals surface area (Å²) in [5, 5.41) is 8.11. The lowest BCUT2D eigenvalue weighted by molar-refractivity contribution is 0.425. The molecule has 0 saturated carbocycles. The summed E-state index contributed by atoms with van der Waals surface area (Å²) in [6, 6.07) is 5.74. The monoisotopic (exact) mass is 279 g/mol. The van der Waals surface area contributed by atoms with Gasteiger partial charge in [0.15, 0.2) is 0 Å². The van der Waals surface area contributed by atoms with Gasteiger partial charge in [0.1, 0.15) is 5.75 Å². The molecule has 1 aromatic heterocycles. The zero-order valence-electron chi connectivity index (χ0n) is 11.6. The first kappa shape index (κ1) is 13.9. The van der Waals surface area contributed by atoms with Crippen LogP contribution in [0.15, 0.2) is 18.2 Å². The molecule has 0 spiro atoms. The van der Waals surface area contributed by atoms with Gasteiger partial charge >= 0.3 is 0 Å². The molecule has 0 saturated heterocycles. The maximum Gasteiger partial charge on any atom is 0.222 e. The zero-order chi connectivity index (χ0) is 14.0. The molecule has 1 heterocycles. The Kier molecular flexibility index (Phi) is 4.12. The molecule has 0 aliphatic heterocycles. The summed E-state index contributed by atoms with van der Waals surface area (Å²) in [5.41, 5.74) is 3.10. The van der Waals surface area contributed by atoms with E-state index in [0.29, 0.717) is 17.3 Å². The van der Waals surface area contributed by atoms with Gasteiger partial charge in [0.2, 0.25) is 5.88 Å². The molecule has 102 valence electrons. The predicted molar refractivity (Wildman–Crippen MR) is 77.0 cm³/mol. The largest absolute Gasteiger partial charge is 0.437 e. The van der Waals surface area contributed by atoms with E-state index in [0.717, 1.165) is 22.7 Å². The molecule has 4 nitrogen and oxygen atoms in total. The van der Waals surface area contributed by atoms with Crippen LogP contribution >= 0.6 is 11.6 Å². The second kappa shape index (κ2) is 5.63. The van der Waals surface area contributed by atoms with Gasteiger partial charge in [-0.15, -0.1) is 0 Å². The average Bonchev–Trinajstić information content (AvgIpc) is 2.60. The maximum atomic E-state index is 6.20. The van der Waals surface area contributed by atoms with Gasteiger partial charge in [-0.2, -0.15) is 5.10 Å². The van der Waals surface area contributed by atoms with Crippen molar-refractivity contribution in [2.75, 3.05) is 7.05 Å². The molecule has 1 aromatic carbocycles. The molecule has 0 radical (unpaired) electrons. The van der Waals surface area contributed by atoms with Crippen LogP contribution in [-0.2, 0) is 13.6 Å². The molecule has 0 fully saturated rings. The van der Waals surface area contributed by atoms with E-state index in [4.69, 9.17) is 16.3 Å². The van der Waals surface area contributed by atoms with Crippen LogP contribution in [0, 0.1) is 13.8 Å². The molecule has 0 atom stereocenters. The van der Waals surface area contributed by atoms with E-state index < -0.39 is 0 Å². The van der Waals surface area contributed by atoms with Crippen LogP contribution in [0.1, 0.15) is 16.8 Å². The molecule has 0 bridgehead atoms. The Hall–Kier alpha value is -1.52.